The maximum atomic E-state index is 13.2. The average Bonchev–Trinajstić information content (AvgIpc) is 3.00. The first kappa shape index (κ1) is 11.7. The highest BCUT2D eigenvalue weighted by Crippen LogP contribution is 2.34. The van der Waals surface area contributed by atoms with Gasteiger partial charge in [-0.25, -0.2) is 4.39 Å². The summed E-state index contributed by atoms with van der Waals surface area (Å²) in [5, 5.41) is 1.78. The highest BCUT2D eigenvalue weighted by molar-refractivity contribution is 9.10. The summed E-state index contributed by atoms with van der Waals surface area (Å²) in [6.45, 7) is 0. The number of furan rings is 2. The van der Waals surface area contributed by atoms with E-state index in [2.05, 4.69) is 22.2 Å². The minimum absolute atomic E-state index is 0.333. The van der Waals surface area contributed by atoms with E-state index in [4.69, 9.17) is 8.83 Å². The molecule has 2 aromatic carbocycles. The van der Waals surface area contributed by atoms with Crippen molar-refractivity contribution in [2.24, 2.45) is 0 Å². The predicted octanol–water partition coefficient (Wildman–Crippen LogP) is 5.55. The lowest BCUT2D eigenvalue weighted by atomic mass is 10.1. The zero-order valence-electron chi connectivity index (χ0n) is 10.1. The molecule has 4 heteroatoms. The molecule has 0 spiro atoms. The second-order valence-corrected chi connectivity index (χ2v) is 5.43. The summed E-state index contributed by atoms with van der Waals surface area (Å²) in [5.74, 6) is 0.323. The van der Waals surface area contributed by atoms with Crippen LogP contribution in [0, 0.1) is 12.1 Å². The lowest BCUT2D eigenvalue weighted by molar-refractivity contribution is 0.588. The number of fused-ring (bicyclic) bond motifs is 2. The standard InChI is InChI=1S/C16H7BrFO2/c17-10-2-1-9-5-16(20-14(9)6-10)13-8-19-15-7-11(18)3-4-12(13)15/h1-7H. The molecule has 0 atom stereocenters. The summed E-state index contributed by atoms with van der Waals surface area (Å²) in [6, 6.07) is 12.2. The van der Waals surface area contributed by atoms with Gasteiger partial charge in [0, 0.05) is 21.3 Å². The van der Waals surface area contributed by atoms with Crippen LogP contribution in [-0.4, -0.2) is 0 Å². The first-order valence-electron chi connectivity index (χ1n) is 6.00. The van der Waals surface area contributed by atoms with Gasteiger partial charge in [-0.3, -0.25) is 0 Å². The SMILES string of the molecule is Fc1ccc2c(-c3cc4ccc(Br)cc4o3)[c]oc2c1. The Balaban J connectivity index is 1.96. The van der Waals surface area contributed by atoms with Crippen molar-refractivity contribution in [1.29, 1.82) is 0 Å². The molecule has 2 nitrogen and oxygen atoms in total. The smallest absolute Gasteiger partial charge is 0.182 e. The average molecular weight is 330 g/mol. The minimum Gasteiger partial charge on any atom is -0.456 e. The molecule has 2 heterocycles. The maximum absolute atomic E-state index is 13.2. The molecule has 1 radical (unpaired) electrons. The van der Waals surface area contributed by atoms with Gasteiger partial charge >= 0.3 is 0 Å². The van der Waals surface area contributed by atoms with Crippen molar-refractivity contribution in [1.82, 2.24) is 0 Å². The number of hydrogen-bond donors (Lipinski definition) is 0. The highest BCUT2D eigenvalue weighted by atomic mass is 79.9. The monoisotopic (exact) mass is 329 g/mol. The van der Waals surface area contributed by atoms with Gasteiger partial charge in [0.05, 0.1) is 5.56 Å². The molecular formula is C16H7BrFO2. The molecule has 97 valence electrons. The molecule has 0 unspecified atom stereocenters. The highest BCUT2D eigenvalue weighted by Gasteiger charge is 2.14. The molecule has 0 saturated carbocycles. The largest absolute Gasteiger partial charge is 0.456 e. The lowest BCUT2D eigenvalue weighted by Crippen LogP contribution is -1.73. The predicted molar refractivity (Wildman–Crippen MR) is 77.9 cm³/mol. The van der Waals surface area contributed by atoms with Gasteiger partial charge in [-0.05, 0) is 36.4 Å². The number of rotatable bonds is 1. The van der Waals surface area contributed by atoms with E-state index in [1.54, 1.807) is 6.07 Å². The van der Waals surface area contributed by atoms with Crippen LogP contribution in [0.5, 0.6) is 0 Å². The van der Waals surface area contributed by atoms with Gasteiger partial charge in [-0.1, -0.05) is 15.9 Å². The Labute approximate surface area is 121 Å². The summed E-state index contributed by atoms with van der Waals surface area (Å²) in [5.41, 5.74) is 1.94. The van der Waals surface area contributed by atoms with Gasteiger partial charge < -0.3 is 8.83 Å². The Kier molecular flexibility index (Phi) is 2.47. The van der Waals surface area contributed by atoms with Crippen molar-refractivity contribution in [3.8, 4) is 11.3 Å². The summed E-state index contributed by atoms with van der Waals surface area (Å²) in [4.78, 5) is 0. The quantitative estimate of drug-likeness (QED) is 0.457. The van der Waals surface area contributed by atoms with Crippen LogP contribution >= 0.6 is 15.9 Å². The molecule has 0 N–H and O–H groups in total. The van der Waals surface area contributed by atoms with Gasteiger partial charge in [0.25, 0.3) is 0 Å². The summed E-state index contributed by atoms with van der Waals surface area (Å²) in [6.07, 6.45) is 2.79. The Morgan fingerprint density at radius 3 is 2.80 bits per heavy atom. The van der Waals surface area contributed by atoms with E-state index in [1.807, 2.05) is 24.3 Å². The van der Waals surface area contributed by atoms with Gasteiger partial charge in [0.15, 0.2) is 6.26 Å². The Bertz CT molecular complexity index is 936. The fraction of sp³-hybridized carbons (Fsp3) is 0. The Hall–Kier alpha value is -2.07. The number of halogens is 2. The van der Waals surface area contributed by atoms with Crippen LogP contribution in [0.1, 0.15) is 0 Å². The first-order chi connectivity index (χ1) is 9.70. The molecular weight excluding hydrogens is 323 g/mol. The fourth-order valence-electron chi connectivity index (χ4n) is 2.26. The minimum atomic E-state index is -0.333. The van der Waals surface area contributed by atoms with Crippen LogP contribution in [0.3, 0.4) is 0 Å². The van der Waals surface area contributed by atoms with Crippen LogP contribution in [-0.2, 0) is 0 Å². The number of hydrogen-bond acceptors (Lipinski definition) is 2. The molecule has 4 rings (SSSR count). The van der Waals surface area contributed by atoms with Crippen molar-refractivity contribution in [2.75, 3.05) is 0 Å². The second kappa shape index (κ2) is 4.21. The van der Waals surface area contributed by atoms with Gasteiger partial charge in [-0.2, -0.15) is 0 Å². The zero-order valence-corrected chi connectivity index (χ0v) is 11.7. The van der Waals surface area contributed by atoms with Crippen molar-refractivity contribution >= 4 is 37.9 Å². The molecule has 0 aliphatic heterocycles. The van der Waals surface area contributed by atoms with E-state index >= 15 is 0 Å². The molecule has 0 saturated heterocycles. The van der Waals surface area contributed by atoms with E-state index in [9.17, 15) is 4.39 Å². The van der Waals surface area contributed by atoms with Crippen LogP contribution in [0.2, 0.25) is 0 Å². The van der Waals surface area contributed by atoms with E-state index in [0.717, 1.165) is 20.8 Å². The number of benzene rings is 2. The molecule has 0 aliphatic rings. The fourth-order valence-corrected chi connectivity index (χ4v) is 2.60. The van der Waals surface area contributed by atoms with Gasteiger partial charge in [-0.15, -0.1) is 0 Å². The lowest BCUT2D eigenvalue weighted by Gasteiger charge is -1.92. The third-order valence-corrected chi connectivity index (χ3v) is 3.70. The van der Waals surface area contributed by atoms with E-state index in [0.29, 0.717) is 16.9 Å². The Morgan fingerprint density at radius 2 is 1.90 bits per heavy atom. The van der Waals surface area contributed by atoms with E-state index < -0.39 is 0 Å². The van der Waals surface area contributed by atoms with Crippen LogP contribution in [0.15, 0.2) is 55.8 Å². The topological polar surface area (TPSA) is 26.3 Å². The third kappa shape index (κ3) is 1.76. The Morgan fingerprint density at radius 1 is 1.00 bits per heavy atom. The molecule has 0 bridgehead atoms. The van der Waals surface area contributed by atoms with Crippen LogP contribution < -0.4 is 0 Å². The van der Waals surface area contributed by atoms with Crippen molar-refractivity contribution in [3.63, 3.8) is 0 Å². The first-order valence-corrected chi connectivity index (χ1v) is 6.79. The molecule has 0 fully saturated rings. The summed E-state index contributed by atoms with van der Waals surface area (Å²) >= 11 is 3.41. The molecule has 2 aromatic heterocycles. The molecule has 0 aliphatic carbocycles. The van der Waals surface area contributed by atoms with Gasteiger partial charge in [0.1, 0.15) is 22.7 Å². The van der Waals surface area contributed by atoms with Crippen molar-refractivity contribution in [3.05, 3.63) is 59.0 Å². The normalized spacial score (nSPS) is 11.5. The zero-order chi connectivity index (χ0) is 13.7. The molecule has 0 amide bonds. The van der Waals surface area contributed by atoms with Crippen LogP contribution in [0.4, 0.5) is 4.39 Å². The second-order valence-electron chi connectivity index (χ2n) is 4.51. The van der Waals surface area contributed by atoms with E-state index in [1.165, 1.54) is 12.1 Å². The molecule has 4 aromatic rings. The van der Waals surface area contributed by atoms with Gasteiger partial charge in [0.2, 0.25) is 0 Å². The molecule has 20 heavy (non-hydrogen) atoms. The van der Waals surface area contributed by atoms with Crippen molar-refractivity contribution in [2.45, 2.75) is 0 Å². The third-order valence-electron chi connectivity index (χ3n) is 3.20. The summed E-state index contributed by atoms with van der Waals surface area (Å²) in [7, 11) is 0. The van der Waals surface area contributed by atoms with Crippen molar-refractivity contribution < 1.29 is 13.2 Å². The van der Waals surface area contributed by atoms with E-state index in [-0.39, 0.29) is 5.82 Å². The maximum Gasteiger partial charge on any atom is 0.182 e. The van der Waals surface area contributed by atoms with Crippen LogP contribution in [0.25, 0.3) is 33.3 Å². The summed E-state index contributed by atoms with van der Waals surface area (Å²) < 4.78 is 25.2.